The fraction of sp³-hybridized carbons (Fsp3) is 1.00. The topological polar surface area (TPSA) is 58.2 Å². The number of nitrogens with one attached hydrogen (secondary N) is 2. The van der Waals surface area contributed by atoms with Crippen molar-refractivity contribution in [1.29, 1.82) is 0 Å². The summed E-state index contributed by atoms with van der Waals surface area (Å²) in [6, 6.07) is -0.179. The molecule has 0 aromatic heterocycles. The van der Waals surface area contributed by atoms with Crippen LogP contribution in [0.1, 0.15) is 26.2 Å². The third-order valence-electron chi connectivity index (χ3n) is 2.99. The molecule has 0 amide bonds. The van der Waals surface area contributed by atoms with Gasteiger partial charge in [0, 0.05) is 12.5 Å². The molecule has 0 aliphatic carbocycles. The van der Waals surface area contributed by atoms with E-state index in [1.54, 1.807) is 0 Å². The molecule has 2 atom stereocenters. The predicted molar refractivity (Wildman–Crippen MR) is 62.7 cm³/mol. The van der Waals surface area contributed by atoms with Gasteiger partial charge in [-0.15, -0.1) is 0 Å². The Morgan fingerprint density at radius 3 is 2.61 bits per heavy atom. The summed E-state index contributed by atoms with van der Waals surface area (Å²) in [5, 5.41) is 3.13. The standard InChI is InChI=1S/C10H19F3N2O2S/c1-8-7-14-5-3-9(8)15-18(16,17)6-2-4-10(11,12)13/h8-9,14-15H,2-7H2,1H3/t8-,9-/m1/s1. The van der Waals surface area contributed by atoms with Gasteiger partial charge in [-0.3, -0.25) is 0 Å². The van der Waals surface area contributed by atoms with Crippen molar-refractivity contribution in [2.75, 3.05) is 18.8 Å². The van der Waals surface area contributed by atoms with Crippen LogP contribution in [0.4, 0.5) is 13.2 Å². The van der Waals surface area contributed by atoms with E-state index in [1.807, 2.05) is 6.92 Å². The van der Waals surface area contributed by atoms with Gasteiger partial charge >= 0.3 is 6.18 Å². The Morgan fingerprint density at radius 2 is 2.06 bits per heavy atom. The van der Waals surface area contributed by atoms with Crippen LogP contribution in [0, 0.1) is 5.92 Å². The fourth-order valence-corrected chi connectivity index (χ4v) is 3.40. The van der Waals surface area contributed by atoms with Gasteiger partial charge in [0.05, 0.1) is 5.75 Å². The highest BCUT2D eigenvalue weighted by molar-refractivity contribution is 7.89. The Labute approximate surface area is 105 Å². The highest BCUT2D eigenvalue weighted by Gasteiger charge is 2.29. The van der Waals surface area contributed by atoms with Gasteiger partial charge in [0.1, 0.15) is 0 Å². The molecule has 1 aliphatic rings. The van der Waals surface area contributed by atoms with Gasteiger partial charge in [-0.05, 0) is 31.8 Å². The van der Waals surface area contributed by atoms with Crippen molar-refractivity contribution < 1.29 is 21.6 Å². The van der Waals surface area contributed by atoms with Crippen LogP contribution >= 0.6 is 0 Å². The van der Waals surface area contributed by atoms with E-state index in [9.17, 15) is 21.6 Å². The van der Waals surface area contributed by atoms with Crippen molar-refractivity contribution in [3.63, 3.8) is 0 Å². The van der Waals surface area contributed by atoms with Crippen LogP contribution in [0.5, 0.6) is 0 Å². The highest BCUT2D eigenvalue weighted by Crippen LogP contribution is 2.21. The van der Waals surface area contributed by atoms with Crippen LogP contribution in [0.3, 0.4) is 0 Å². The summed E-state index contributed by atoms with van der Waals surface area (Å²) >= 11 is 0. The lowest BCUT2D eigenvalue weighted by atomic mass is 9.97. The highest BCUT2D eigenvalue weighted by atomic mass is 32.2. The van der Waals surface area contributed by atoms with Crippen LogP contribution in [-0.2, 0) is 10.0 Å². The minimum atomic E-state index is -4.29. The second-order valence-electron chi connectivity index (χ2n) is 4.73. The quantitative estimate of drug-likeness (QED) is 0.800. The molecule has 108 valence electrons. The number of piperidine rings is 1. The maximum Gasteiger partial charge on any atom is 0.389 e. The minimum Gasteiger partial charge on any atom is -0.316 e. The summed E-state index contributed by atoms with van der Waals surface area (Å²) in [6.07, 6.45) is -5.08. The number of alkyl halides is 3. The number of hydrogen-bond donors (Lipinski definition) is 2. The molecule has 8 heteroatoms. The van der Waals surface area contributed by atoms with Gasteiger partial charge in [-0.25, -0.2) is 13.1 Å². The van der Waals surface area contributed by atoms with Gasteiger partial charge in [0.25, 0.3) is 0 Å². The van der Waals surface area contributed by atoms with Crippen molar-refractivity contribution in [3.05, 3.63) is 0 Å². The second kappa shape index (κ2) is 6.21. The summed E-state index contributed by atoms with van der Waals surface area (Å²) in [4.78, 5) is 0. The van der Waals surface area contributed by atoms with E-state index in [-0.39, 0.29) is 12.0 Å². The molecule has 0 saturated carbocycles. The van der Waals surface area contributed by atoms with Crippen LogP contribution in [-0.4, -0.2) is 39.5 Å². The molecule has 0 radical (unpaired) electrons. The molecule has 0 aromatic carbocycles. The van der Waals surface area contributed by atoms with Crippen molar-refractivity contribution in [3.8, 4) is 0 Å². The van der Waals surface area contributed by atoms with Gasteiger partial charge in [-0.2, -0.15) is 13.2 Å². The van der Waals surface area contributed by atoms with Gasteiger partial charge in [0.2, 0.25) is 10.0 Å². The number of halogens is 3. The zero-order valence-electron chi connectivity index (χ0n) is 10.3. The largest absolute Gasteiger partial charge is 0.389 e. The summed E-state index contributed by atoms with van der Waals surface area (Å²) in [6.45, 7) is 3.35. The van der Waals surface area contributed by atoms with Crippen LogP contribution < -0.4 is 10.0 Å². The van der Waals surface area contributed by atoms with Gasteiger partial charge < -0.3 is 5.32 Å². The minimum absolute atomic E-state index is 0.149. The Bertz CT molecular complexity index is 357. The Kier molecular flexibility index (Phi) is 5.42. The third kappa shape index (κ3) is 6.01. The molecule has 2 N–H and O–H groups in total. The normalized spacial score (nSPS) is 26.2. The van der Waals surface area contributed by atoms with E-state index >= 15 is 0 Å². The molecule has 1 aliphatic heterocycles. The molecule has 0 aromatic rings. The van der Waals surface area contributed by atoms with Crippen molar-refractivity contribution in [2.24, 2.45) is 5.92 Å². The number of hydrogen-bond acceptors (Lipinski definition) is 3. The lowest BCUT2D eigenvalue weighted by Crippen LogP contribution is -2.48. The molecule has 0 spiro atoms. The Hall–Kier alpha value is -0.340. The van der Waals surface area contributed by atoms with Crippen LogP contribution in [0.2, 0.25) is 0 Å². The van der Waals surface area contributed by atoms with Gasteiger partial charge in [0.15, 0.2) is 0 Å². The van der Waals surface area contributed by atoms with Crippen molar-refractivity contribution in [1.82, 2.24) is 10.0 Å². The van der Waals surface area contributed by atoms with E-state index in [0.29, 0.717) is 6.42 Å². The maximum absolute atomic E-state index is 11.9. The Morgan fingerprint density at radius 1 is 1.39 bits per heavy atom. The fourth-order valence-electron chi connectivity index (χ4n) is 1.94. The van der Waals surface area contributed by atoms with Gasteiger partial charge in [-0.1, -0.05) is 6.92 Å². The number of sulfonamides is 1. The molecule has 1 heterocycles. The summed E-state index contributed by atoms with van der Waals surface area (Å²) < 4.78 is 61.5. The Balaban J connectivity index is 2.39. The van der Waals surface area contributed by atoms with E-state index in [2.05, 4.69) is 10.0 Å². The summed E-state index contributed by atoms with van der Waals surface area (Å²) in [5.41, 5.74) is 0. The molecular weight excluding hydrogens is 269 g/mol. The summed E-state index contributed by atoms with van der Waals surface area (Å²) in [5.74, 6) is -0.320. The average Bonchev–Trinajstić information content (AvgIpc) is 2.18. The SMILES string of the molecule is C[C@@H]1CNCC[C@H]1NS(=O)(=O)CCCC(F)(F)F. The second-order valence-corrected chi connectivity index (χ2v) is 6.61. The first-order valence-corrected chi connectivity index (χ1v) is 7.62. The molecular formula is C10H19F3N2O2S. The lowest BCUT2D eigenvalue weighted by Gasteiger charge is -2.29. The average molecular weight is 288 g/mol. The van der Waals surface area contributed by atoms with E-state index < -0.39 is 34.8 Å². The molecule has 1 saturated heterocycles. The monoisotopic (exact) mass is 288 g/mol. The molecule has 0 unspecified atom stereocenters. The molecule has 0 bridgehead atoms. The van der Waals surface area contributed by atoms with Crippen LogP contribution in [0.15, 0.2) is 0 Å². The first kappa shape index (κ1) is 15.7. The van der Waals surface area contributed by atoms with Crippen molar-refractivity contribution >= 4 is 10.0 Å². The molecule has 4 nitrogen and oxygen atoms in total. The third-order valence-corrected chi connectivity index (χ3v) is 4.48. The zero-order valence-corrected chi connectivity index (χ0v) is 11.1. The summed E-state index contributed by atoms with van der Waals surface area (Å²) in [7, 11) is -3.61. The van der Waals surface area contributed by atoms with Crippen LogP contribution in [0.25, 0.3) is 0 Å². The first-order chi connectivity index (χ1) is 8.20. The molecule has 18 heavy (non-hydrogen) atoms. The molecule has 1 rings (SSSR count). The van der Waals surface area contributed by atoms with Crippen molar-refractivity contribution in [2.45, 2.75) is 38.4 Å². The first-order valence-electron chi connectivity index (χ1n) is 5.97. The smallest absolute Gasteiger partial charge is 0.316 e. The molecule has 1 fully saturated rings. The maximum atomic E-state index is 11.9. The lowest BCUT2D eigenvalue weighted by molar-refractivity contribution is -0.134. The predicted octanol–water partition coefficient (Wildman–Crippen LogP) is 1.25. The van der Waals surface area contributed by atoms with E-state index in [4.69, 9.17) is 0 Å². The van der Waals surface area contributed by atoms with E-state index in [1.165, 1.54) is 0 Å². The zero-order chi connectivity index (χ0) is 13.8. The van der Waals surface area contributed by atoms with E-state index in [0.717, 1.165) is 13.1 Å². The number of rotatable bonds is 5.